The summed E-state index contributed by atoms with van der Waals surface area (Å²) >= 11 is 0. The largest absolute Gasteiger partial charge is 0.465 e. The molecule has 0 N–H and O–H groups in total. The van der Waals surface area contributed by atoms with Gasteiger partial charge in [0.15, 0.2) is 0 Å². The van der Waals surface area contributed by atoms with Crippen LogP contribution in [0, 0.1) is 0 Å². The van der Waals surface area contributed by atoms with Crippen LogP contribution in [0.3, 0.4) is 0 Å². The molecule has 0 fully saturated rings. The van der Waals surface area contributed by atoms with E-state index in [0.717, 1.165) is 11.1 Å². The van der Waals surface area contributed by atoms with Crippen molar-refractivity contribution in [2.45, 2.75) is 11.3 Å². The van der Waals surface area contributed by atoms with Crippen LogP contribution >= 0.6 is 0 Å². The maximum Gasteiger partial charge on any atom is 0.337 e. The van der Waals surface area contributed by atoms with Crippen LogP contribution in [-0.2, 0) is 21.2 Å². The zero-order valence-electron chi connectivity index (χ0n) is 14.3. The Labute approximate surface area is 147 Å². The zero-order chi connectivity index (χ0) is 18.4. The molecule has 0 aromatic heterocycles. The third-order valence-corrected chi connectivity index (χ3v) is 4.59. The lowest BCUT2D eigenvalue weighted by molar-refractivity contribution is 0.0600. The molecule has 0 atom stereocenters. The fraction of sp³-hybridized carbons (Fsp3) is 0.222. The minimum atomic E-state index is -3.74. The lowest BCUT2D eigenvalue weighted by Gasteiger charge is -2.07. The van der Waals surface area contributed by atoms with Gasteiger partial charge in [-0.05, 0) is 41.8 Å². The highest BCUT2D eigenvalue weighted by Gasteiger charge is 2.13. The summed E-state index contributed by atoms with van der Waals surface area (Å²) in [6.07, 6.45) is 1.74. The van der Waals surface area contributed by atoms with Crippen molar-refractivity contribution < 1.29 is 17.9 Å². The number of esters is 1. The first-order valence-corrected chi connectivity index (χ1v) is 8.99. The Bertz CT molecular complexity index is 889. The van der Waals surface area contributed by atoms with Gasteiger partial charge >= 0.3 is 5.97 Å². The Morgan fingerprint density at radius 1 is 1.12 bits per heavy atom. The molecule has 0 radical (unpaired) electrons. The molecular weight excluding hydrogens is 340 g/mol. The molecule has 0 bridgehead atoms. The van der Waals surface area contributed by atoms with E-state index < -0.39 is 16.0 Å². The maximum absolute atomic E-state index is 12.2. The molecule has 0 amide bonds. The van der Waals surface area contributed by atoms with Gasteiger partial charge in [0, 0.05) is 14.1 Å². The molecule has 0 heterocycles. The number of ether oxygens (including phenoxy) is 1. The molecule has 0 unspecified atom stereocenters. The van der Waals surface area contributed by atoms with Gasteiger partial charge < -0.3 is 9.64 Å². The van der Waals surface area contributed by atoms with E-state index in [1.54, 1.807) is 49.3 Å². The van der Waals surface area contributed by atoms with Gasteiger partial charge in [0.25, 0.3) is 10.0 Å². The minimum absolute atomic E-state index is 0.132. The van der Waals surface area contributed by atoms with E-state index in [4.69, 9.17) is 4.74 Å². The summed E-state index contributed by atoms with van der Waals surface area (Å²) < 4.78 is 32.8. The molecular formula is C18H20N2O4S. The molecule has 2 aromatic carbocycles. The summed E-state index contributed by atoms with van der Waals surface area (Å²) in [5, 5.41) is 0. The van der Waals surface area contributed by atoms with Crippen molar-refractivity contribution in [1.82, 2.24) is 4.90 Å². The highest BCUT2D eigenvalue weighted by atomic mass is 32.2. The van der Waals surface area contributed by atoms with Gasteiger partial charge in [-0.3, -0.25) is 0 Å². The van der Waals surface area contributed by atoms with Crippen LogP contribution in [-0.4, -0.2) is 46.8 Å². The predicted molar refractivity (Wildman–Crippen MR) is 96.4 cm³/mol. The van der Waals surface area contributed by atoms with E-state index in [1.165, 1.54) is 19.5 Å². The Morgan fingerprint density at radius 3 is 2.40 bits per heavy atom. The quantitative estimate of drug-likeness (QED) is 0.449. The molecule has 0 aliphatic heterocycles. The topological polar surface area (TPSA) is 76.0 Å². The molecule has 2 rings (SSSR count). The summed E-state index contributed by atoms with van der Waals surface area (Å²) in [5.74, 6) is -0.406. The third kappa shape index (κ3) is 5.15. The van der Waals surface area contributed by atoms with E-state index in [1.807, 2.05) is 12.1 Å². The second kappa shape index (κ2) is 7.94. The SMILES string of the molecule is COC(=O)c1cccc(Cc2cccc(S(=O)(=O)N=CN(C)C)c2)c1. The lowest BCUT2D eigenvalue weighted by atomic mass is 10.0. The van der Waals surface area contributed by atoms with E-state index in [-0.39, 0.29) is 4.90 Å². The number of rotatable bonds is 6. The fourth-order valence-corrected chi connectivity index (χ4v) is 3.18. The van der Waals surface area contributed by atoms with Crippen LogP contribution in [0.15, 0.2) is 57.8 Å². The molecule has 0 spiro atoms. The maximum atomic E-state index is 12.2. The number of hydrogen-bond acceptors (Lipinski definition) is 4. The highest BCUT2D eigenvalue weighted by Crippen LogP contribution is 2.18. The second-order valence-corrected chi connectivity index (χ2v) is 7.31. The summed E-state index contributed by atoms with van der Waals surface area (Å²) in [6.45, 7) is 0. The normalized spacial score (nSPS) is 11.5. The molecule has 0 aliphatic rings. The predicted octanol–water partition coefficient (Wildman–Crippen LogP) is 2.34. The van der Waals surface area contributed by atoms with Crippen LogP contribution in [0.1, 0.15) is 21.5 Å². The molecule has 0 saturated heterocycles. The third-order valence-electron chi connectivity index (χ3n) is 3.37. The summed E-state index contributed by atoms with van der Waals surface area (Å²) in [6, 6.07) is 13.7. The Morgan fingerprint density at radius 2 is 1.76 bits per heavy atom. The molecule has 132 valence electrons. The molecule has 0 saturated carbocycles. The van der Waals surface area contributed by atoms with Crippen molar-refractivity contribution in [3.8, 4) is 0 Å². The van der Waals surface area contributed by atoms with Crippen molar-refractivity contribution in [1.29, 1.82) is 0 Å². The number of sulfonamides is 1. The lowest BCUT2D eigenvalue weighted by Crippen LogP contribution is -2.10. The first-order chi connectivity index (χ1) is 11.8. The smallest absolute Gasteiger partial charge is 0.337 e. The summed E-state index contributed by atoms with van der Waals surface area (Å²) in [5.41, 5.74) is 2.15. The van der Waals surface area contributed by atoms with Gasteiger partial charge in [0.2, 0.25) is 0 Å². The molecule has 6 nitrogen and oxygen atoms in total. The van der Waals surface area contributed by atoms with Crippen LogP contribution in [0.4, 0.5) is 0 Å². The van der Waals surface area contributed by atoms with Crippen molar-refractivity contribution in [2.75, 3.05) is 21.2 Å². The van der Waals surface area contributed by atoms with Gasteiger partial charge in [-0.15, -0.1) is 4.40 Å². The number of hydrogen-bond donors (Lipinski definition) is 0. The van der Waals surface area contributed by atoms with Crippen molar-refractivity contribution >= 4 is 22.3 Å². The van der Waals surface area contributed by atoms with E-state index in [2.05, 4.69) is 4.40 Å². The molecule has 7 heteroatoms. The number of nitrogens with zero attached hydrogens (tertiary/aromatic N) is 2. The summed E-state index contributed by atoms with van der Waals surface area (Å²) in [4.78, 5) is 13.3. The summed E-state index contributed by atoms with van der Waals surface area (Å²) in [7, 11) is 0.985. The molecule has 2 aromatic rings. The average Bonchev–Trinajstić information content (AvgIpc) is 2.60. The molecule has 25 heavy (non-hydrogen) atoms. The van der Waals surface area contributed by atoms with Crippen LogP contribution < -0.4 is 0 Å². The number of benzene rings is 2. The number of carbonyl (C=O) groups is 1. The van der Waals surface area contributed by atoms with E-state index in [0.29, 0.717) is 12.0 Å². The second-order valence-electron chi connectivity index (χ2n) is 5.68. The van der Waals surface area contributed by atoms with E-state index in [9.17, 15) is 13.2 Å². The number of carbonyl (C=O) groups excluding carboxylic acids is 1. The highest BCUT2D eigenvalue weighted by molar-refractivity contribution is 7.90. The van der Waals surface area contributed by atoms with Crippen molar-refractivity contribution in [3.05, 3.63) is 65.2 Å². The average molecular weight is 360 g/mol. The monoisotopic (exact) mass is 360 g/mol. The Hall–Kier alpha value is -2.67. The van der Waals surface area contributed by atoms with Gasteiger partial charge in [0.05, 0.1) is 17.6 Å². The Balaban J connectivity index is 2.27. The molecule has 0 aliphatic carbocycles. The van der Waals surface area contributed by atoms with Gasteiger partial charge in [-0.25, -0.2) is 4.79 Å². The standard InChI is InChI=1S/C18H20N2O4S/c1-20(2)13-19-25(22,23)17-9-5-7-15(12-17)10-14-6-4-8-16(11-14)18(21)24-3/h4-9,11-13H,10H2,1-3H3. The van der Waals surface area contributed by atoms with Gasteiger partial charge in [-0.2, -0.15) is 8.42 Å². The fourth-order valence-electron chi connectivity index (χ4n) is 2.19. The van der Waals surface area contributed by atoms with Crippen molar-refractivity contribution in [3.63, 3.8) is 0 Å². The van der Waals surface area contributed by atoms with Gasteiger partial charge in [-0.1, -0.05) is 24.3 Å². The minimum Gasteiger partial charge on any atom is -0.465 e. The van der Waals surface area contributed by atoms with Crippen LogP contribution in [0.25, 0.3) is 0 Å². The van der Waals surface area contributed by atoms with Crippen molar-refractivity contribution in [2.24, 2.45) is 4.40 Å². The van der Waals surface area contributed by atoms with E-state index >= 15 is 0 Å². The van der Waals surface area contributed by atoms with Gasteiger partial charge in [0.1, 0.15) is 6.34 Å². The zero-order valence-corrected chi connectivity index (χ0v) is 15.2. The van der Waals surface area contributed by atoms with Crippen LogP contribution in [0.5, 0.6) is 0 Å². The number of methoxy groups -OCH3 is 1. The first-order valence-electron chi connectivity index (χ1n) is 7.55. The Kier molecular flexibility index (Phi) is 5.93. The first kappa shape index (κ1) is 18.7. The van der Waals surface area contributed by atoms with Crippen LogP contribution in [0.2, 0.25) is 0 Å².